The van der Waals surface area contributed by atoms with E-state index in [-0.39, 0.29) is 6.61 Å². The Labute approximate surface area is 112 Å². The highest BCUT2D eigenvalue weighted by Gasteiger charge is 2.04. The van der Waals surface area contributed by atoms with Crippen molar-refractivity contribution in [3.63, 3.8) is 0 Å². The lowest BCUT2D eigenvalue weighted by Crippen LogP contribution is -2.00. The lowest BCUT2D eigenvalue weighted by molar-refractivity contribution is -0.136. The quantitative estimate of drug-likeness (QED) is 0.580. The molecule has 0 amide bonds. The van der Waals surface area contributed by atoms with E-state index in [1.54, 1.807) is 37.5 Å². The first kappa shape index (κ1) is 14.6. The normalized spacial score (nSPS) is 9.95. The van der Waals surface area contributed by atoms with Crippen LogP contribution in [0.15, 0.2) is 24.3 Å². The van der Waals surface area contributed by atoms with Gasteiger partial charge in [0.1, 0.15) is 6.07 Å². The number of nitriles is 1. The first-order valence-electron chi connectivity index (χ1n) is 5.74. The van der Waals surface area contributed by atoms with Crippen LogP contribution in [-0.4, -0.2) is 26.3 Å². The molecule has 0 saturated carbocycles. The largest absolute Gasteiger partial charge is 0.493 e. The number of hydrogen-bond donors (Lipinski definition) is 0. The standard InChI is InChI=1S/C14H15NO4/c1-3-18-12-6-4-11(10-13(12)17-2)5-7-14(16)19-9-8-15/h4-7,10H,3,9H2,1-2H3/b7-5+. The molecule has 1 aromatic carbocycles. The van der Waals surface area contributed by atoms with Gasteiger partial charge in [-0.25, -0.2) is 4.79 Å². The van der Waals surface area contributed by atoms with E-state index in [0.717, 1.165) is 5.56 Å². The number of hydrogen-bond acceptors (Lipinski definition) is 5. The summed E-state index contributed by atoms with van der Waals surface area (Å²) in [6, 6.07) is 7.03. The highest BCUT2D eigenvalue weighted by Crippen LogP contribution is 2.28. The zero-order valence-electron chi connectivity index (χ0n) is 10.9. The molecule has 0 aliphatic carbocycles. The number of carbonyl (C=O) groups excluding carboxylic acids is 1. The van der Waals surface area contributed by atoms with Gasteiger partial charge in [0.05, 0.1) is 13.7 Å². The average molecular weight is 261 g/mol. The van der Waals surface area contributed by atoms with Gasteiger partial charge in [0.2, 0.25) is 0 Å². The lowest BCUT2D eigenvalue weighted by Gasteiger charge is -2.09. The van der Waals surface area contributed by atoms with Gasteiger partial charge in [-0.2, -0.15) is 5.26 Å². The molecule has 0 unspecified atom stereocenters. The minimum absolute atomic E-state index is 0.254. The lowest BCUT2D eigenvalue weighted by atomic mass is 10.2. The van der Waals surface area contributed by atoms with Crippen molar-refractivity contribution in [3.8, 4) is 17.6 Å². The van der Waals surface area contributed by atoms with Gasteiger partial charge in [0.15, 0.2) is 18.1 Å². The predicted octanol–water partition coefficient (Wildman–Crippen LogP) is 2.17. The van der Waals surface area contributed by atoms with Crippen LogP contribution in [0.2, 0.25) is 0 Å². The molecular formula is C14H15NO4. The van der Waals surface area contributed by atoms with Gasteiger partial charge in [0, 0.05) is 6.08 Å². The van der Waals surface area contributed by atoms with Crippen LogP contribution in [0.4, 0.5) is 0 Å². The van der Waals surface area contributed by atoms with E-state index in [1.807, 2.05) is 6.92 Å². The summed E-state index contributed by atoms with van der Waals surface area (Å²) in [6.07, 6.45) is 2.84. The van der Waals surface area contributed by atoms with E-state index in [0.29, 0.717) is 18.1 Å². The maximum Gasteiger partial charge on any atom is 0.331 e. The molecule has 0 aliphatic rings. The van der Waals surface area contributed by atoms with Crippen LogP contribution < -0.4 is 9.47 Å². The number of benzene rings is 1. The van der Waals surface area contributed by atoms with Crippen LogP contribution in [-0.2, 0) is 9.53 Å². The zero-order valence-corrected chi connectivity index (χ0v) is 10.9. The summed E-state index contributed by atoms with van der Waals surface area (Å²) in [7, 11) is 1.55. The van der Waals surface area contributed by atoms with Gasteiger partial charge in [-0.15, -0.1) is 0 Å². The molecule has 1 rings (SSSR count). The Bertz CT molecular complexity index is 503. The molecule has 0 aromatic heterocycles. The fourth-order valence-corrected chi connectivity index (χ4v) is 1.38. The Morgan fingerprint density at radius 2 is 2.21 bits per heavy atom. The third-order valence-electron chi connectivity index (χ3n) is 2.18. The van der Waals surface area contributed by atoms with Gasteiger partial charge < -0.3 is 14.2 Å². The van der Waals surface area contributed by atoms with Gasteiger partial charge >= 0.3 is 5.97 Å². The highest BCUT2D eigenvalue weighted by molar-refractivity contribution is 5.87. The molecule has 0 spiro atoms. The topological polar surface area (TPSA) is 68.5 Å². The van der Waals surface area contributed by atoms with Crippen LogP contribution in [0.25, 0.3) is 6.08 Å². The summed E-state index contributed by atoms with van der Waals surface area (Å²) >= 11 is 0. The molecule has 19 heavy (non-hydrogen) atoms. The van der Waals surface area contributed by atoms with Crippen molar-refractivity contribution in [1.82, 2.24) is 0 Å². The van der Waals surface area contributed by atoms with Gasteiger partial charge in [-0.05, 0) is 30.7 Å². The number of ether oxygens (including phenoxy) is 3. The molecule has 0 N–H and O–H groups in total. The third kappa shape index (κ3) is 4.72. The van der Waals surface area contributed by atoms with Crippen LogP contribution in [0.1, 0.15) is 12.5 Å². The Morgan fingerprint density at radius 3 is 2.84 bits per heavy atom. The summed E-state index contributed by atoms with van der Waals surface area (Å²) in [5.41, 5.74) is 0.772. The second-order valence-corrected chi connectivity index (χ2v) is 3.44. The minimum Gasteiger partial charge on any atom is -0.493 e. The molecule has 0 fully saturated rings. The predicted molar refractivity (Wildman–Crippen MR) is 69.8 cm³/mol. The first-order chi connectivity index (χ1) is 9.21. The minimum atomic E-state index is -0.561. The second-order valence-electron chi connectivity index (χ2n) is 3.44. The first-order valence-corrected chi connectivity index (χ1v) is 5.74. The van der Waals surface area contributed by atoms with Gasteiger partial charge in [-0.3, -0.25) is 0 Å². The van der Waals surface area contributed by atoms with Crippen LogP contribution in [0.5, 0.6) is 11.5 Å². The SMILES string of the molecule is CCOc1ccc(/C=C/C(=O)OCC#N)cc1OC. The van der Waals surface area contributed by atoms with Crippen molar-refractivity contribution in [3.05, 3.63) is 29.8 Å². The van der Waals surface area contributed by atoms with E-state index in [1.165, 1.54) is 6.08 Å². The monoisotopic (exact) mass is 261 g/mol. The molecule has 0 bridgehead atoms. The molecule has 5 heteroatoms. The van der Waals surface area contributed by atoms with Crippen molar-refractivity contribution in [2.45, 2.75) is 6.92 Å². The van der Waals surface area contributed by atoms with Gasteiger partial charge in [0.25, 0.3) is 0 Å². The number of carbonyl (C=O) groups is 1. The summed E-state index contributed by atoms with van der Waals surface area (Å²) in [6.45, 7) is 2.18. The maximum absolute atomic E-state index is 11.2. The van der Waals surface area contributed by atoms with E-state index in [2.05, 4.69) is 4.74 Å². The van der Waals surface area contributed by atoms with Crippen molar-refractivity contribution in [2.24, 2.45) is 0 Å². The summed E-state index contributed by atoms with van der Waals surface area (Å²) in [5.74, 6) is 0.679. The molecule has 1 aromatic rings. The van der Waals surface area contributed by atoms with Crippen LogP contribution in [0.3, 0.4) is 0 Å². The van der Waals surface area contributed by atoms with Crippen LogP contribution in [0, 0.1) is 11.3 Å². The van der Waals surface area contributed by atoms with Crippen LogP contribution >= 0.6 is 0 Å². The zero-order chi connectivity index (χ0) is 14.1. The Kier molecular flexibility index (Phi) is 5.96. The van der Waals surface area contributed by atoms with E-state index in [4.69, 9.17) is 14.7 Å². The van der Waals surface area contributed by atoms with Crippen molar-refractivity contribution in [1.29, 1.82) is 5.26 Å². The Morgan fingerprint density at radius 1 is 1.42 bits per heavy atom. The number of nitrogens with zero attached hydrogens (tertiary/aromatic N) is 1. The number of methoxy groups -OCH3 is 1. The average Bonchev–Trinajstić information content (AvgIpc) is 2.44. The Balaban J connectivity index is 2.77. The highest BCUT2D eigenvalue weighted by atomic mass is 16.5. The van der Waals surface area contributed by atoms with Gasteiger partial charge in [-0.1, -0.05) is 6.07 Å². The number of esters is 1. The third-order valence-corrected chi connectivity index (χ3v) is 2.18. The molecule has 0 atom stereocenters. The second kappa shape index (κ2) is 7.77. The molecule has 0 heterocycles. The van der Waals surface area contributed by atoms with Crippen molar-refractivity contribution in [2.75, 3.05) is 20.3 Å². The molecule has 100 valence electrons. The molecule has 0 radical (unpaired) electrons. The van der Waals surface area contributed by atoms with Crippen molar-refractivity contribution >= 4 is 12.0 Å². The molecule has 0 saturated heterocycles. The molecule has 0 aliphatic heterocycles. The summed E-state index contributed by atoms with van der Waals surface area (Å²) < 4.78 is 15.2. The van der Waals surface area contributed by atoms with E-state index in [9.17, 15) is 4.79 Å². The molecular weight excluding hydrogens is 246 g/mol. The van der Waals surface area contributed by atoms with Crippen molar-refractivity contribution < 1.29 is 19.0 Å². The summed E-state index contributed by atoms with van der Waals surface area (Å²) in [4.78, 5) is 11.2. The smallest absolute Gasteiger partial charge is 0.331 e. The fourth-order valence-electron chi connectivity index (χ4n) is 1.38. The Hall–Kier alpha value is -2.48. The van der Waals surface area contributed by atoms with E-state index < -0.39 is 5.97 Å². The molecule has 5 nitrogen and oxygen atoms in total. The summed E-state index contributed by atoms with van der Waals surface area (Å²) in [5, 5.41) is 8.27. The maximum atomic E-state index is 11.2. The fraction of sp³-hybridized carbons (Fsp3) is 0.286. The number of rotatable bonds is 6. The van der Waals surface area contributed by atoms with E-state index >= 15 is 0 Å².